The molecule has 0 aromatic heterocycles. The van der Waals surface area contributed by atoms with Crippen LogP contribution in [0.3, 0.4) is 0 Å². The van der Waals surface area contributed by atoms with E-state index in [0.717, 1.165) is 24.1 Å². The van der Waals surface area contributed by atoms with Crippen molar-refractivity contribution in [1.29, 1.82) is 0 Å². The molecule has 1 aliphatic rings. The van der Waals surface area contributed by atoms with Crippen LogP contribution >= 0.6 is 11.6 Å². The van der Waals surface area contributed by atoms with E-state index in [1.54, 1.807) is 35.5 Å². The van der Waals surface area contributed by atoms with Gasteiger partial charge in [-0.3, -0.25) is 0 Å². The van der Waals surface area contributed by atoms with Crippen molar-refractivity contribution in [2.24, 2.45) is 0 Å². The van der Waals surface area contributed by atoms with E-state index in [1.807, 2.05) is 24.3 Å². The van der Waals surface area contributed by atoms with Crippen molar-refractivity contribution in [3.8, 4) is 28.7 Å². The first-order valence-corrected chi connectivity index (χ1v) is 13.1. The standard InChI is InChI=1S/C29H36ClNO9.ClH/c1-31(9-7-11-40-29(34)21(30)17-27(32)33)10-8-19-15-23(35-2)24(36-3)16-20(19)22(31)12-18-13-25(37-4)28(39-6)26(14-18)38-5;/h13-17,22H,7-12H2,1-6H3;1H/b21-17-;/t22-,31-;/m0./s1. The van der Waals surface area contributed by atoms with Crippen molar-refractivity contribution >= 4 is 23.5 Å². The molecule has 0 radical (unpaired) electrons. The largest absolute Gasteiger partial charge is 1.00 e. The van der Waals surface area contributed by atoms with Crippen molar-refractivity contribution in [2.75, 3.05) is 62.3 Å². The number of hydrogen-bond donors (Lipinski definition) is 1. The Kier molecular flexibility index (Phi) is 12.4. The van der Waals surface area contributed by atoms with Gasteiger partial charge < -0.3 is 50.4 Å². The summed E-state index contributed by atoms with van der Waals surface area (Å²) in [5.41, 5.74) is 3.33. The Morgan fingerprint density at radius 3 is 2.07 bits per heavy atom. The van der Waals surface area contributed by atoms with Gasteiger partial charge >= 0.3 is 11.9 Å². The topological polar surface area (TPSA) is 110 Å². The van der Waals surface area contributed by atoms with E-state index in [-0.39, 0.29) is 25.1 Å². The van der Waals surface area contributed by atoms with Gasteiger partial charge in [0.15, 0.2) is 23.0 Å². The zero-order valence-corrected chi connectivity index (χ0v) is 25.6. The highest BCUT2D eigenvalue weighted by atomic mass is 35.5. The van der Waals surface area contributed by atoms with Crippen LogP contribution in [0.4, 0.5) is 0 Å². The molecular weight excluding hydrogens is 577 g/mol. The molecule has 0 aliphatic carbocycles. The summed E-state index contributed by atoms with van der Waals surface area (Å²) in [6.45, 7) is 1.63. The van der Waals surface area contributed by atoms with E-state index < -0.39 is 17.0 Å². The van der Waals surface area contributed by atoms with Gasteiger partial charge in [-0.05, 0) is 35.4 Å². The van der Waals surface area contributed by atoms with Gasteiger partial charge in [-0.2, -0.15) is 0 Å². The van der Waals surface area contributed by atoms with Crippen LogP contribution < -0.4 is 36.1 Å². The molecule has 0 bridgehead atoms. The van der Waals surface area contributed by atoms with Gasteiger partial charge in [0.25, 0.3) is 0 Å². The number of ether oxygens (including phenoxy) is 6. The smallest absolute Gasteiger partial charge is 0.350 e. The summed E-state index contributed by atoms with van der Waals surface area (Å²) in [4.78, 5) is 22.8. The summed E-state index contributed by atoms with van der Waals surface area (Å²) in [6.07, 6.45) is 2.65. The summed E-state index contributed by atoms with van der Waals surface area (Å²) in [7, 11) is 10.2. The quantitative estimate of drug-likeness (QED) is 0.154. The molecule has 0 spiro atoms. The number of esters is 1. The lowest BCUT2D eigenvalue weighted by molar-refractivity contribution is -0.941. The first-order valence-electron chi connectivity index (χ1n) is 12.8. The number of rotatable bonds is 13. The Bertz CT molecular complexity index is 1240. The molecule has 1 heterocycles. The minimum Gasteiger partial charge on any atom is -1.00 e. The number of fused-ring (bicyclic) bond motifs is 1. The van der Waals surface area contributed by atoms with E-state index in [9.17, 15) is 9.59 Å². The molecule has 2 atom stereocenters. The third kappa shape index (κ3) is 7.90. The molecule has 1 aliphatic heterocycles. The number of benzene rings is 2. The summed E-state index contributed by atoms with van der Waals surface area (Å²) < 4.78 is 33.8. The SMILES string of the molecule is COc1cc2c(cc1OC)[C@H](Cc1cc(OC)c(OC)c(OC)c1)[N@@+](C)(CCCOC(=O)/C(Cl)=C/C(=O)O)CC2.[Cl-]. The molecule has 10 nitrogen and oxygen atoms in total. The lowest BCUT2D eigenvalue weighted by atomic mass is 9.86. The van der Waals surface area contributed by atoms with Crippen molar-refractivity contribution in [3.63, 3.8) is 0 Å². The van der Waals surface area contributed by atoms with Crippen LogP contribution in [-0.4, -0.2) is 83.8 Å². The Labute approximate surface area is 251 Å². The first kappa shape index (κ1) is 33.9. The number of quaternary nitrogens is 1. The Morgan fingerprint density at radius 1 is 0.951 bits per heavy atom. The highest BCUT2D eigenvalue weighted by Crippen LogP contribution is 2.44. The maximum Gasteiger partial charge on any atom is 0.350 e. The number of hydrogen-bond acceptors (Lipinski definition) is 8. The molecule has 0 saturated heterocycles. The third-order valence-electron chi connectivity index (χ3n) is 7.29. The zero-order chi connectivity index (χ0) is 29.4. The van der Waals surface area contributed by atoms with Gasteiger partial charge in [-0.1, -0.05) is 11.6 Å². The first-order chi connectivity index (χ1) is 19.1. The van der Waals surface area contributed by atoms with Gasteiger partial charge in [-0.25, -0.2) is 9.59 Å². The molecule has 12 heteroatoms. The molecule has 41 heavy (non-hydrogen) atoms. The monoisotopic (exact) mass is 613 g/mol. The fourth-order valence-electron chi connectivity index (χ4n) is 5.23. The van der Waals surface area contributed by atoms with Gasteiger partial charge in [-0.15, -0.1) is 0 Å². The van der Waals surface area contributed by atoms with Crippen LogP contribution in [0.5, 0.6) is 28.7 Å². The summed E-state index contributed by atoms with van der Waals surface area (Å²) in [5, 5.41) is 8.32. The van der Waals surface area contributed by atoms with E-state index in [1.165, 1.54) is 5.56 Å². The second-order valence-corrected chi connectivity index (χ2v) is 10.1. The number of carbonyl (C=O) groups excluding carboxylic acids is 1. The third-order valence-corrected chi connectivity index (χ3v) is 7.56. The molecule has 1 N–H and O–H groups in total. The molecule has 2 aromatic carbocycles. The normalized spacial score (nSPS) is 17.9. The highest BCUT2D eigenvalue weighted by Gasteiger charge is 2.40. The second kappa shape index (κ2) is 15.0. The van der Waals surface area contributed by atoms with Crippen molar-refractivity contribution in [2.45, 2.75) is 25.3 Å². The number of likely N-dealkylation sites (N-methyl/N-ethyl adjacent to an activating group) is 1. The molecule has 0 amide bonds. The zero-order valence-electron chi connectivity index (χ0n) is 24.1. The van der Waals surface area contributed by atoms with Gasteiger partial charge in [0, 0.05) is 30.9 Å². The maximum atomic E-state index is 12.0. The van der Waals surface area contributed by atoms with Crippen LogP contribution in [0, 0.1) is 0 Å². The van der Waals surface area contributed by atoms with Gasteiger partial charge in [0.1, 0.15) is 11.1 Å². The molecule has 2 aromatic rings. The van der Waals surface area contributed by atoms with E-state index in [2.05, 4.69) is 7.05 Å². The predicted octanol–water partition coefficient (Wildman–Crippen LogP) is 1.16. The molecule has 0 fully saturated rings. The van der Waals surface area contributed by atoms with Crippen LogP contribution in [0.2, 0.25) is 0 Å². The number of carboxylic acid groups (broad SMARTS) is 1. The lowest BCUT2D eigenvalue weighted by Gasteiger charge is -2.46. The number of halogens is 2. The fourth-order valence-corrected chi connectivity index (χ4v) is 5.38. The van der Waals surface area contributed by atoms with Crippen LogP contribution in [0.25, 0.3) is 0 Å². The van der Waals surface area contributed by atoms with Crippen LogP contribution in [0.1, 0.15) is 29.2 Å². The fraction of sp³-hybridized carbons (Fsp3) is 0.448. The van der Waals surface area contributed by atoms with E-state index in [4.69, 9.17) is 45.1 Å². The molecule has 0 unspecified atom stereocenters. The van der Waals surface area contributed by atoms with Crippen LogP contribution in [0.15, 0.2) is 35.4 Å². The van der Waals surface area contributed by atoms with Crippen molar-refractivity contribution in [1.82, 2.24) is 0 Å². The summed E-state index contributed by atoms with van der Waals surface area (Å²) in [6, 6.07) is 8.01. The number of nitrogens with zero attached hydrogens (tertiary/aromatic N) is 1. The van der Waals surface area contributed by atoms with E-state index >= 15 is 0 Å². The summed E-state index contributed by atoms with van der Waals surface area (Å²) in [5.74, 6) is 0.842. The molecule has 226 valence electrons. The molecule has 0 saturated carbocycles. The average Bonchev–Trinajstić information content (AvgIpc) is 2.95. The van der Waals surface area contributed by atoms with Gasteiger partial charge in [0.05, 0.1) is 62.3 Å². The number of aliphatic carboxylic acids is 1. The Morgan fingerprint density at radius 2 is 1.54 bits per heavy atom. The lowest BCUT2D eigenvalue weighted by Crippen LogP contribution is -3.00. The average molecular weight is 615 g/mol. The predicted molar refractivity (Wildman–Crippen MR) is 149 cm³/mol. The highest BCUT2D eigenvalue weighted by molar-refractivity contribution is 6.42. The maximum absolute atomic E-state index is 12.0. The minimum absolute atomic E-state index is 0. The van der Waals surface area contributed by atoms with E-state index in [0.29, 0.717) is 58.7 Å². The van der Waals surface area contributed by atoms with Crippen molar-refractivity contribution < 1.29 is 60.0 Å². The number of carbonyl (C=O) groups is 2. The van der Waals surface area contributed by atoms with Gasteiger partial charge in [0.2, 0.25) is 5.75 Å². The molecular formula is C29H37Cl2NO9. The Balaban J connectivity index is 0.00000588. The molecule has 3 rings (SSSR count). The van der Waals surface area contributed by atoms with Crippen molar-refractivity contribution in [3.05, 3.63) is 52.1 Å². The number of carboxylic acids is 1. The van der Waals surface area contributed by atoms with Crippen LogP contribution in [-0.2, 0) is 27.2 Å². The Hall–Kier alpha value is -3.34. The number of methoxy groups -OCH3 is 5. The summed E-state index contributed by atoms with van der Waals surface area (Å²) >= 11 is 5.73. The minimum atomic E-state index is -1.31. The second-order valence-electron chi connectivity index (χ2n) is 9.66.